The number of rotatable bonds is 7. The van der Waals surface area contributed by atoms with Crippen LogP contribution in [0.5, 0.6) is 11.5 Å². The second-order valence-electron chi connectivity index (χ2n) is 4.69. The van der Waals surface area contributed by atoms with Gasteiger partial charge in [-0.15, -0.1) is 0 Å². The van der Waals surface area contributed by atoms with Gasteiger partial charge >= 0.3 is 0 Å². The zero-order valence-electron chi connectivity index (χ0n) is 12.5. The van der Waals surface area contributed by atoms with Gasteiger partial charge in [-0.1, -0.05) is 0 Å². The van der Waals surface area contributed by atoms with Crippen LogP contribution in [-0.2, 0) is 20.0 Å². The molecule has 0 saturated carbocycles. The topological polar surface area (TPSA) is 48.3 Å². The monoisotopic (exact) mass is 353 g/mol. The van der Waals surface area contributed by atoms with Gasteiger partial charge in [0.05, 0.1) is 18.2 Å². The number of aryl methyl sites for hydroxylation is 1. The fraction of sp³-hybridized carbons (Fsp3) is 0.400. The van der Waals surface area contributed by atoms with Crippen molar-refractivity contribution in [3.05, 3.63) is 40.4 Å². The zero-order valence-corrected chi connectivity index (χ0v) is 14.1. The molecule has 1 N–H and O–H groups in total. The van der Waals surface area contributed by atoms with Gasteiger partial charge in [0.15, 0.2) is 11.5 Å². The summed E-state index contributed by atoms with van der Waals surface area (Å²) in [5.74, 6) is 2.46. The Bertz CT molecular complexity index is 599. The minimum Gasteiger partial charge on any atom is -0.493 e. The van der Waals surface area contributed by atoms with E-state index in [1.165, 1.54) is 0 Å². The van der Waals surface area contributed by atoms with E-state index in [4.69, 9.17) is 9.47 Å². The van der Waals surface area contributed by atoms with Crippen LogP contribution in [0.25, 0.3) is 0 Å². The maximum atomic E-state index is 5.87. The molecule has 0 spiro atoms. The van der Waals surface area contributed by atoms with E-state index < -0.39 is 0 Å². The number of aromatic nitrogens is 2. The Balaban J connectivity index is 2.06. The third-order valence-electron chi connectivity index (χ3n) is 3.16. The Labute approximate surface area is 133 Å². The van der Waals surface area contributed by atoms with E-state index in [1.54, 1.807) is 13.3 Å². The summed E-state index contributed by atoms with van der Waals surface area (Å²) in [6, 6.07) is 4.02. The summed E-state index contributed by atoms with van der Waals surface area (Å²) in [6.45, 7) is 1.33. The molecule has 0 bridgehead atoms. The van der Waals surface area contributed by atoms with Gasteiger partial charge in [-0.3, -0.25) is 0 Å². The number of hydrogen-bond donors (Lipinski definition) is 1. The number of nitrogens with one attached hydrogen (secondary N) is 1. The van der Waals surface area contributed by atoms with Gasteiger partial charge in [0.2, 0.25) is 0 Å². The second-order valence-corrected chi connectivity index (χ2v) is 5.55. The number of halogens is 1. The summed E-state index contributed by atoms with van der Waals surface area (Å²) < 4.78 is 14.2. The standard InChI is InChI=1S/C15H20BrN3O2/c1-17-10-11-8-12(16)15(13(9-11)20-3)21-7-4-14-18-5-6-19(14)2/h5-6,8-9,17H,4,7,10H2,1-3H3. The molecule has 0 saturated heterocycles. The van der Waals surface area contributed by atoms with E-state index in [2.05, 4.69) is 26.2 Å². The van der Waals surface area contributed by atoms with E-state index in [1.807, 2.05) is 37.0 Å². The van der Waals surface area contributed by atoms with Crippen LogP contribution in [0.15, 0.2) is 29.0 Å². The summed E-state index contributed by atoms with van der Waals surface area (Å²) in [7, 11) is 5.54. The largest absolute Gasteiger partial charge is 0.493 e. The summed E-state index contributed by atoms with van der Waals surface area (Å²) in [6.07, 6.45) is 4.47. The second kappa shape index (κ2) is 7.47. The number of benzene rings is 1. The summed E-state index contributed by atoms with van der Waals surface area (Å²) in [5.41, 5.74) is 1.14. The highest BCUT2D eigenvalue weighted by molar-refractivity contribution is 9.10. The normalized spacial score (nSPS) is 10.7. The van der Waals surface area contributed by atoms with E-state index in [9.17, 15) is 0 Å². The van der Waals surface area contributed by atoms with Crippen molar-refractivity contribution < 1.29 is 9.47 Å². The first-order chi connectivity index (χ1) is 10.2. The molecule has 0 aliphatic heterocycles. The lowest BCUT2D eigenvalue weighted by Crippen LogP contribution is -2.08. The van der Waals surface area contributed by atoms with Crippen molar-refractivity contribution in [3.63, 3.8) is 0 Å². The van der Waals surface area contributed by atoms with Crippen molar-refractivity contribution in [3.8, 4) is 11.5 Å². The molecule has 1 aromatic carbocycles. The number of methoxy groups -OCH3 is 1. The fourth-order valence-electron chi connectivity index (χ4n) is 2.10. The Hall–Kier alpha value is -1.53. The molecule has 0 amide bonds. The zero-order chi connectivity index (χ0) is 15.2. The molecule has 0 aliphatic carbocycles. The third kappa shape index (κ3) is 3.98. The van der Waals surface area contributed by atoms with Crippen molar-refractivity contribution in [1.82, 2.24) is 14.9 Å². The van der Waals surface area contributed by atoms with Crippen LogP contribution in [0.2, 0.25) is 0 Å². The van der Waals surface area contributed by atoms with Crippen LogP contribution in [0.3, 0.4) is 0 Å². The van der Waals surface area contributed by atoms with Gasteiger partial charge in [0.25, 0.3) is 0 Å². The van der Waals surface area contributed by atoms with Crippen molar-refractivity contribution in [2.45, 2.75) is 13.0 Å². The van der Waals surface area contributed by atoms with Gasteiger partial charge < -0.3 is 19.4 Å². The Morgan fingerprint density at radius 3 is 2.81 bits per heavy atom. The predicted octanol–water partition coefficient (Wildman–Crippen LogP) is 2.53. The van der Waals surface area contributed by atoms with Gasteiger partial charge in [-0.25, -0.2) is 4.98 Å². The molecule has 0 atom stereocenters. The van der Waals surface area contributed by atoms with Crippen LogP contribution in [0.1, 0.15) is 11.4 Å². The molecule has 0 fully saturated rings. The van der Waals surface area contributed by atoms with Crippen molar-refractivity contribution in [2.24, 2.45) is 7.05 Å². The van der Waals surface area contributed by atoms with Crippen molar-refractivity contribution in [2.75, 3.05) is 20.8 Å². The highest BCUT2D eigenvalue weighted by atomic mass is 79.9. The molecular formula is C15H20BrN3O2. The SMILES string of the molecule is CNCc1cc(Br)c(OCCc2nccn2C)c(OC)c1. The van der Waals surface area contributed by atoms with Crippen LogP contribution >= 0.6 is 15.9 Å². The van der Waals surface area contributed by atoms with Gasteiger partial charge in [-0.2, -0.15) is 0 Å². The lowest BCUT2D eigenvalue weighted by Gasteiger charge is -2.14. The quantitative estimate of drug-likeness (QED) is 0.830. The Morgan fingerprint density at radius 1 is 1.38 bits per heavy atom. The van der Waals surface area contributed by atoms with Gasteiger partial charge in [-0.05, 0) is 40.7 Å². The molecule has 0 radical (unpaired) electrons. The van der Waals surface area contributed by atoms with Crippen LogP contribution in [-0.4, -0.2) is 30.3 Å². The smallest absolute Gasteiger partial charge is 0.175 e. The molecule has 5 nitrogen and oxygen atoms in total. The first-order valence-electron chi connectivity index (χ1n) is 6.75. The molecule has 0 unspecified atom stereocenters. The van der Waals surface area contributed by atoms with Crippen LogP contribution in [0, 0.1) is 0 Å². The lowest BCUT2D eigenvalue weighted by molar-refractivity contribution is 0.292. The van der Waals surface area contributed by atoms with Gasteiger partial charge in [0.1, 0.15) is 5.82 Å². The number of nitrogens with zero attached hydrogens (tertiary/aromatic N) is 2. The van der Waals surface area contributed by atoms with Crippen LogP contribution < -0.4 is 14.8 Å². The molecule has 0 aliphatic rings. The highest BCUT2D eigenvalue weighted by Crippen LogP contribution is 2.36. The number of hydrogen-bond acceptors (Lipinski definition) is 4. The molecule has 114 valence electrons. The molecule has 21 heavy (non-hydrogen) atoms. The summed E-state index contributed by atoms with van der Waals surface area (Å²) in [5, 5.41) is 3.12. The highest BCUT2D eigenvalue weighted by Gasteiger charge is 2.12. The van der Waals surface area contributed by atoms with E-state index >= 15 is 0 Å². The maximum absolute atomic E-state index is 5.87. The van der Waals surface area contributed by atoms with E-state index in [-0.39, 0.29) is 0 Å². The Morgan fingerprint density at radius 2 is 2.19 bits per heavy atom. The van der Waals surface area contributed by atoms with Crippen LogP contribution in [0.4, 0.5) is 0 Å². The lowest BCUT2D eigenvalue weighted by atomic mass is 10.2. The first kappa shape index (κ1) is 15.9. The molecular weight excluding hydrogens is 334 g/mol. The van der Waals surface area contributed by atoms with Crippen molar-refractivity contribution in [1.29, 1.82) is 0 Å². The molecule has 6 heteroatoms. The average molecular weight is 354 g/mol. The predicted molar refractivity (Wildman–Crippen MR) is 85.9 cm³/mol. The fourth-order valence-corrected chi connectivity index (χ4v) is 2.71. The molecule has 1 heterocycles. The number of imidazole rings is 1. The Kier molecular flexibility index (Phi) is 5.64. The third-order valence-corrected chi connectivity index (χ3v) is 3.75. The average Bonchev–Trinajstić information content (AvgIpc) is 2.86. The van der Waals surface area contributed by atoms with Gasteiger partial charge in [0, 0.05) is 32.4 Å². The minimum absolute atomic E-state index is 0.547. The molecule has 2 aromatic rings. The minimum atomic E-state index is 0.547. The maximum Gasteiger partial charge on any atom is 0.175 e. The first-order valence-corrected chi connectivity index (χ1v) is 7.55. The van der Waals surface area contributed by atoms with E-state index in [0.29, 0.717) is 6.61 Å². The van der Waals surface area contributed by atoms with E-state index in [0.717, 1.165) is 40.3 Å². The molecule has 2 rings (SSSR count). The number of ether oxygens (including phenoxy) is 2. The summed E-state index contributed by atoms with van der Waals surface area (Å²) in [4.78, 5) is 4.28. The van der Waals surface area contributed by atoms with Crippen molar-refractivity contribution >= 4 is 15.9 Å². The molecule has 1 aromatic heterocycles. The summed E-state index contributed by atoms with van der Waals surface area (Å²) >= 11 is 3.55.